The van der Waals surface area contributed by atoms with Crippen LogP contribution >= 0.6 is 0 Å². The minimum Gasteiger partial charge on any atom is -0.497 e. The van der Waals surface area contributed by atoms with E-state index >= 15 is 0 Å². The van der Waals surface area contributed by atoms with Gasteiger partial charge in [0.15, 0.2) is 6.61 Å². The zero-order valence-electron chi connectivity index (χ0n) is 11.5. The van der Waals surface area contributed by atoms with Gasteiger partial charge in [-0.1, -0.05) is 18.2 Å². The molecule has 0 aliphatic carbocycles. The fourth-order valence-electron chi connectivity index (χ4n) is 1.64. The first-order valence-electron chi connectivity index (χ1n) is 6.22. The van der Waals surface area contributed by atoms with Gasteiger partial charge < -0.3 is 14.2 Å². The number of para-hydroxylation sites is 1. The van der Waals surface area contributed by atoms with Crippen molar-refractivity contribution in [1.29, 1.82) is 0 Å². The van der Waals surface area contributed by atoms with Crippen LogP contribution in [-0.2, 0) is 4.79 Å². The van der Waals surface area contributed by atoms with Gasteiger partial charge in [-0.2, -0.15) is 0 Å². The Bertz CT molecular complexity index is 575. The average Bonchev–Trinajstić information content (AvgIpc) is 2.48. The molecule has 4 nitrogen and oxygen atoms in total. The van der Waals surface area contributed by atoms with Gasteiger partial charge in [-0.05, 0) is 42.8 Å². The number of hydrogen-bond acceptors (Lipinski definition) is 4. The number of aryl methyl sites for hydroxylation is 1. The van der Waals surface area contributed by atoms with E-state index in [0.717, 1.165) is 11.3 Å². The number of methoxy groups -OCH3 is 1. The molecular formula is C16H16O4. The van der Waals surface area contributed by atoms with Crippen molar-refractivity contribution in [2.75, 3.05) is 13.7 Å². The molecule has 2 aromatic rings. The Morgan fingerprint density at radius 3 is 2.30 bits per heavy atom. The van der Waals surface area contributed by atoms with Crippen LogP contribution in [0.25, 0.3) is 0 Å². The van der Waals surface area contributed by atoms with Crippen LogP contribution in [0.5, 0.6) is 17.2 Å². The number of benzene rings is 2. The third-order valence-corrected chi connectivity index (χ3v) is 2.73. The smallest absolute Gasteiger partial charge is 0.349 e. The van der Waals surface area contributed by atoms with E-state index in [0.29, 0.717) is 11.5 Å². The Labute approximate surface area is 117 Å². The van der Waals surface area contributed by atoms with Crippen LogP contribution in [0.15, 0.2) is 48.5 Å². The Kier molecular flexibility index (Phi) is 4.60. The van der Waals surface area contributed by atoms with Crippen LogP contribution < -0.4 is 14.2 Å². The van der Waals surface area contributed by atoms with E-state index in [1.54, 1.807) is 37.4 Å². The molecule has 0 bridgehead atoms. The second-order valence-electron chi connectivity index (χ2n) is 4.20. The number of rotatable bonds is 5. The predicted molar refractivity (Wildman–Crippen MR) is 75.3 cm³/mol. The third-order valence-electron chi connectivity index (χ3n) is 2.73. The Hall–Kier alpha value is -2.49. The van der Waals surface area contributed by atoms with Gasteiger partial charge in [0.1, 0.15) is 17.2 Å². The highest BCUT2D eigenvalue weighted by Gasteiger charge is 2.07. The molecule has 0 heterocycles. The van der Waals surface area contributed by atoms with Crippen LogP contribution in [0.2, 0.25) is 0 Å². The van der Waals surface area contributed by atoms with E-state index in [1.165, 1.54) is 0 Å². The first kappa shape index (κ1) is 13.9. The molecule has 0 atom stereocenters. The number of carbonyl (C=O) groups is 1. The monoisotopic (exact) mass is 272 g/mol. The van der Waals surface area contributed by atoms with Crippen LogP contribution in [0.4, 0.5) is 0 Å². The summed E-state index contributed by atoms with van der Waals surface area (Å²) >= 11 is 0. The molecule has 0 aromatic heterocycles. The van der Waals surface area contributed by atoms with Crippen LogP contribution in [0, 0.1) is 6.92 Å². The minimum atomic E-state index is -0.435. The van der Waals surface area contributed by atoms with Crippen molar-refractivity contribution in [1.82, 2.24) is 0 Å². The molecule has 2 aromatic carbocycles. The van der Waals surface area contributed by atoms with Crippen molar-refractivity contribution in [2.24, 2.45) is 0 Å². The lowest BCUT2D eigenvalue weighted by atomic mass is 10.2. The summed E-state index contributed by atoms with van der Waals surface area (Å²) in [6, 6.07) is 14.3. The second kappa shape index (κ2) is 6.61. The van der Waals surface area contributed by atoms with E-state index in [-0.39, 0.29) is 6.61 Å². The summed E-state index contributed by atoms with van der Waals surface area (Å²) in [5, 5.41) is 0. The molecular weight excluding hydrogens is 256 g/mol. The summed E-state index contributed by atoms with van der Waals surface area (Å²) < 4.78 is 15.6. The Morgan fingerprint density at radius 2 is 1.65 bits per heavy atom. The average molecular weight is 272 g/mol. The van der Waals surface area contributed by atoms with Crippen molar-refractivity contribution in [3.63, 3.8) is 0 Å². The maximum atomic E-state index is 11.7. The highest BCUT2D eigenvalue weighted by molar-refractivity contribution is 5.74. The molecule has 0 saturated carbocycles. The fraction of sp³-hybridized carbons (Fsp3) is 0.188. The highest BCUT2D eigenvalue weighted by atomic mass is 16.6. The molecule has 4 heteroatoms. The quantitative estimate of drug-likeness (QED) is 0.620. The molecule has 0 saturated heterocycles. The summed E-state index contributed by atoms with van der Waals surface area (Å²) in [6.07, 6.45) is 0. The maximum Gasteiger partial charge on any atom is 0.349 e. The zero-order valence-corrected chi connectivity index (χ0v) is 11.5. The zero-order chi connectivity index (χ0) is 14.4. The van der Waals surface area contributed by atoms with Gasteiger partial charge in [-0.3, -0.25) is 0 Å². The SMILES string of the molecule is COc1ccc(OCC(=O)Oc2ccccc2C)cc1. The number of ether oxygens (including phenoxy) is 3. The van der Waals surface area contributed by atoms with Gasteiger partial charge in [-0.15, -0.1) is 0 Å². The third kappa shape index (κ3) is 3.75. The standard InChI is InChI=1S/C16H16O4/c1-12-5-3-4-6-15(12)20-16(17)11-19-14-9-7-13(18-2)8-10-14/h3-10H,11H2,1-2H3. The Balaban J connectivity index is 1.87. The molecule has 0 spiro atoms. The molecule has 2 rings (SSSR count). The molecule has 104 valence electrons. The molecule has 0 aliphatic rings. The van der Waals surface area contributed by atoms with Crippen LogP contribution in [0.3, 0.4) is 0 Å². The molecule has 0 N–H and O–H groups in total. The van der Waals surface area contributed by atoms with Crippen LogP contribution in [-0.4, -0.2) is 19.7 Å². The number of carbonyl (C=O) groups excluding carboxylic acids is 1. The molecule has 0 fully saturated rings. The molecule has 20 heavy (non-hydrogen) atoms. The maximum absolute atomic E-state index is 11.7. The van der Waals surface area contributed by atoms with Crippen molar-refractivity contribution >= 4 is 5.97 Å². The van der Waals surface area contributed by atoms with Gasteiger partial charge in [0, 0.05) is 0 Å². The van der Waals surface area contributed by atoms with Crippen molar-refractivity contribution < 1.29 is 19.0 Å². The first-order chi connectivity index (χ1) is 9.69. The van der Waals surface area contributed by atoms with E-state index in [4.69, 9.17) is 14.2 Å². The predicted octanol–water partition coefficient (Wildman–Crippen LogP) is 2.99. The topological polar surface area (TPSA) is 44.8 Å². The number of esters is 1. The van der Waals surface area contributed by atoms with E-state index in [2.05, 4.69) is 0 Å². The molecule has 0 aliphatic heterocycles. The lowest BCUT2D eigenvalue weighted by Crippen LogP contribution is -2.18. The molecule has 0 unspecified atom stereocenters. The van der Waals surface area contributed by atoms with Gasteiger partial charge in [0.05, 0.1) is 7.11 Å². The lowest BCUT2D eigenvalue weighted by molar-refractivity contribution is -0.136. The summed E-state index contributed by atoms with van der Waals surface area (Å²) in [5.41, 5.74) is 0.908. The number of hydrogen-bond donors (Lipinski definition) is 0. The van der Waals surface area contributed by atoms with Crippen molar-refractivity contribution in [2.45, 2.75) is 6.92 Å². The Morgan fingerprint density at radius 1 is 1.00 bits per heavy atom. The minimum absolute atomic E-state index is 0.138. The van der Waals surface area contributed by atoms with E-state index in [1.807, 2.05) is 25.1 Å². The molecule has 0 amide bonds. The first-order valence-corrected chi connectivity index (χ1v) is 6.22. The van der Waals surface area contributed by atoms with Gasteiger partial charge in [-0.25, -0.2) is 4.79 Å². The lowest BCUT2D eigenvalue weighted by Gasteiger charge is -2.08. The van der Waals surface area contributed by atoms with Gasteiger partial charge in [0.2, 0.25) is 0 Å². The fourth-order valence-corrected chi connectivity index (χ4v) is 1.64. The summed E-state index contributed by atoms with van der Waals surface area (Å²) in [5.74, 6) is 1.44. The van der Waals surface area contributed by atoms with Gasteiger partial charge >= 0.3 is 5.97 Å². The normalized spacial score (nSPS) is 9.90. The summed E-state index contributed by atoms with van der Waals surface area (Å²) in [7, 11) is 1.59. The molecule has 0 radical (unpaired) electrons. The largest absolute Gasteiger partial charge is 0.497 e. The van der Waals surface area contributed by atoms with E-state index in [9.17, 15) is 4.79 Å². The van der Waals surface area contributed by atoms with Crippen molar-refractivity contribution in [3.8, 4) is 17.2 Å². The summed E-state index contributed by atoms with van der Waals surface area (Å²) in [4.78, 5) is 11.7. The summed E-state index contributed by atoms with van der Waals surface area (Å²) in [6.45, 7) is 1.74. The second-order valence-corrected chi connectivity index (χ2v) is 4.20. The van der Waals surface area contributed by atoms with Gasteiger partial charge in [0.25, 0.3) is 0 Å². The van der Waals surface area contributed by atoms with Crippen LogP contribution in [0.1, 0.15) is 5.56 Å². The highest BCUT2D eigenvalue weighted by Crippen LogP contribution is 2.18. The van der Waals surface area contributed by atoms with Crippen molar-refractivity contribution in [3.05, 3.63) is 54.1 Å². The van der Waals surface area contributed by atoms with E-state index < -0.39 is 5.97 Å².